The molecule has 2 heterocycles. The summed E-state index contributed by atoms with van der Waals surface area (Å²) in [4.78, 5) is 51.4. The van der Waals surface area contributed by atoms with Crippen LogP contribution in [0.4, 0.5) is 0 Å². The average Bonchev–Trinajstić information content (AvgIpc) is 2.81. The van der Waals surface area contributed by atoms with E-state index in [4.69, 9.17) is 9.47 Å². The molecule has 0 aliphatic carbocycles. The first kappa shape index (κ1) is 21.9. The van der Waals surface area contributed by atoms with Crippen LogP contribution in [0.5, 0.6) is 5.75 Å². The van der Waals surface area contributed by atoms with Gasteiger partial charge < -0.3 is 19.7 Å². The number of esters is 1. The maximum Gasteiger partial charge on any atom is 0.337 e. The highest BCUT2D eigenvalue weighted by Crippen LogP contribution is 2.37. The Morgan fingerprint density at radius 1 is 1.06 bits per heavy atom. The number of nitrogens with one attached hydrogen (secondary N) is 1. The lowest BCUT2D eigenvalue weighted by molar-refractivity contribution is -0.168. The van der Waals surface area contributed by atoms with Gasteiger partial charge in [-0.1, -0.05) is 42.5 Å². The van der Waals surface area contributed by atoms with Crippen LogP contribution in [0.25, 0.3) is 0 Å². The van der Waals surface area contributed by atoms with Crippen LogP contribution >= 0.6 is 11.8 Å². The Balaban J connectivity index is 1.36. The highest BCUT2D eigenvalue weighted by Gasteiger charge is 2.58. The molecular formula is C23H22N2O6S. The SMILES string of the molecule is COc1ccc(COC(=O)C2C(=O)CS[C@@H]3[C@H](NC(=O)Cc4ccccc4)C(=O)N23)cc1. The topological polar surface area (TPSA) is 102 Å². The molecule has 2 amide bonds. The molecule has 32 heavy (non-hydrogen) atoms. The quantitative estimate of drug-likeness (QED) is 0.382. The van der Waals surface area contributed by atoms with Gasteiger partial charge in [-0.25, -0.2) is 4.79 Å². The fraction of sp³-hybridized carbons (Fsp3) is 0.304. The molecule has 2 fully saturated rings. The molecule has 1 unspecified atom stereocenters. The predicted octanol–water partition coefficient (Wildman–Crippen LogP) is 1.32. The van der Waals surface area contributed by atoms with Gasteiger partial charge in [0.05, 0.1) is 19.3 Å². The number of rotatable bonds is 7. The first-order valence-corrected chi connectivity index (χ1v) is 11.1. The minimum atomic E-state index is -1.28. The van der Waals surface area contributed by atoms with E-state index in [0.717, 1.165) is 11.1 Å². The largest absolute Gasteiger partial charge is 0.497 e. The van der Waals surface area contributed by atoms with Gasteiger partial charge in [0.1, 0.15) is 23.8 Å². The van der Waals surface area contributed by atoms with Gasteiger partial charge in [0, 0.05) is 0 Å². The highest BCUT2D eigenvalue weighted by molar-refractivity contribution is 8.00. The van der Waals surface area contributed by atoms with Crippen LogP contribution in [-0.4, -0.2) is 58.8 Å². The van der Waals surface area contributed by atoms with Crippen LogP contribution in [0.1, 0.15) is 11.1 Å². The first-order valence-electron chi connectivity index (χ1n) is 10.1. The molecular weight excluding hydrogens is 432 g/mol. The van der Waals surface area contributed by atoms with E-state index < -0.39 is 29.3 Å². The van der Waals surface area contributed by atoms with Crippen molar-refractivity contribution in [1.29, 1.82) is 0 Å². The second-order valence-corrected chi connectivity index (χ2v) is 8.58. The lowest BCUT2D eigenvalue weighted by atomic mass is 10.00. The molecule has 2 aliphatic heterocycles. The van der Waals surface area contributed by atoms with Crippen LogP contribution < -0.4 is 10.1 Å². The number of amides is 2. The minimum absolute atomic E-state index is 0.0241. The Hall–Kier alpha value is -3.33. The van der Waals surface area contributed by atoms with E-state index in [1.165, 1.54) is 16.7 Å². The lowest BCUT2D eigenvalue weighted by Gasteiger charge is -2.51. The summed E-state index contributed by atoms with van der Waals surface area (Å²) < 4.78 is 10.4. The van der Waals surface area contributed by atoms with Gasteiger partial charge in [-0.05, 0) is 23.3 Å². The van der Waals surface area contributed by atoms with Crippen molar-refractivity contribution in [2.75, 3.05) is 12.9 Å². The molecule has 1 N–H and O–H groups in total. The maximum atomic E-state index is 12.7. The van der Waals surface area contributed by atoms with Crippen molar-refractivity contribution >= 4 is 35.3 Å². The number of fused-ring (bicyclic) bond motifs is 1. The van der Waals surface area contributed by atoms with Crippen molar-refractivity contribution in [2.45, 2.75) is 30.5 Å². The number of benzene rings is 2. The van der Waals surface area contributed by atoms with E-state index >= 15 is 0 Å². The van der Waals surface area contributed by atoms with Gasteiger partial charge >= 0.3 is 5.97 Å². The lowest BCUT2D eigenvalue weighted by Crippen LogP contribution is -2.76. The van der Waals surface area contributed by atoms with Crippen molar-refractivity contribution in [3.8, 4) is 5.75 Å². The summed E-state index contributed by atoms with van der Waals surface area (Å²) in [6.45, 7) is -0.0241. The zero-order valence-electron chi connectivity index (χ0n) is 17.4. The zero-order valence-corrected chi connectivity index (χ0v) is 18.2. The number of β-lactam (4-membered cyclic amide) rings is 1. The third kappa shape index (κ3) is 4.47. The van der Waals surface area contributed by atoms with Crippen LogP contribution in [0, 0.1) is 0 Å². The number of methoxy groups -OCH3 is 1. The number of carbonyl (C=O) groups is 4. The molecule has 2 aromatic carbocycles. The van der Waals surface area contributed by atoms with Crippen LogP contribution in [0.3, 0.4) is 0 Å². The third-order valence-corrected chi connectivity index (χ3v) is 6.64. The number of ketones is 1. The van der Waals surface area contributed by atoms with Gasteiger partial charge in [-0.2, -0.15) is 0 Å². The summed E-state index contributed by atoms with van der Waals surface area (Å²) in [5, 5.41) is 2.26. The predicted molar refractivity (Wildman–Crippen MR) is 117 cm³/mol. The molecule has 4 rings (SSSR count). The van der Waals surface area contributed by atoms with E-state index in [0.29, 0.717) is 5.75 Å². The number of thioether (sulfide) groups is 1. The van der Waals surface area contributed by atoms with Gasteiger partial charge in [0.2, 0.25) is 11.8 Å². The molecule has 2 aromatic rings. The monoisotopic (exact) mass is 454 g/mol. The normalized spacial score (nSPS) is 21.9. The van der Waals surface area contributed by atoms with Crippen LogP contribution in [0.2, 0.25) is 0 Å². The third-order valence-electron chi connectivity index (χ3n) is 5.35. The molecule has 0 aromatic heterocycles. The van der Waals surface area contributed by atoms with Crippen LogP contribution in [-0.2, 0) is 36.9 Å². The van der Waals surface area contributed by atoms with Crippen molar-refractivity contribution in [3.05, 3.63) is 65.7 Å². The smallest absolute Gasteiger partial charge is 0.337 e. The summed E-state index contributed by atoms with van der Waals surface area (Å²) >= 11 is 1.24. The summed E-state index contributed by atoms with van der Waals surface area (Å²) in [5.41, 5.74) is 1.56. The second-order valence-electron chi connectivity index (χ2n) is 7.48. The first-order chi connectivity index (χ1) is 15.5. The summed E-state index contributed by atoms with van der Waals surface area (Å²) in [5.74, 6) is -1.14. The Labute approximate surface area is 189 Å². The Morgan fingerprint density at radius 3 is 2.47 bits per heavy atom. The van der Waals surface area contributed by atoms with E-state index in [2.05, 4.69) is 5.32 Å². The molecule has 2 aliphatic rings. The van der Waals surface area contributed by atoms with Crippen molar-refractivity contribution in [1.82, 2.24) is 10.2 Å². The summed E-state index contributed by atoms with van der Waals surface area (Å²) in [6, 6.07) is 14.1. The van der Waals surface area contributed by atoms with Gasteiger partial charge in [0.15, 0.2) is 11.8 Å². The molecule has 0 radical (unpaired) electrons. The van der Waals surface area contributed by atoms with E-state index in [1.807, 2.05) is 30.3 Å². The molecule has 2 saturated heterocycles. The zero-order chi connectivity index (χ0) is 22.7. The van der Waals surface area contributed by atoms with E-state index in [9.17, 15) is 19.2 Å². The van der Waals surface area contributed by atoms with Crippen molar-refractivity contribution < 1.29 is 28.7 Å². The van der Waals surface area contributed by atoms with E-state index in [1.54, 1.807) is 31.4 Å². The molecule has 9 heteroatoms. The van der Waals surface area contributed by atoms with E-state index in [-0.39, 0.29) is 30.5 Å². The van der Waals surface area contributed by atoms with Crippen LogP contribution in [0.15, 0.2) is 54.6 Å². The molecule has 0 spiro atoms. The van der Waals surface area contributed by atoms with Gasteiger partial charge in [0.25, 0.3) is 0 Å². The fourth-order valence-corrected chi connectivity index (χ4v) is 4.93. The molecule has 0 saturated carbocycles. The Bertz CT molecular complexity index is 1030. The Kier molecular flexibility index (Phi) is 6.45. The van der Waals surface area contributed by atoms with Gasteiger partial charge in [-0.15, -0.1) is 11.8 Å². The second kappa shape index (κ2) is 9.44. The minimum Gasteiger partial charge on any atom is -0.497 e. The standard InChI is InChI=1S/C23H22N2O6S/c1-30-16-9-7-15(8-10-16)12-31-23(29)20-17(26)13-32-22-19(21(28)25(20)22)24-18(27)11-14-5-3-2-4-6-14/h2-10,19-20,22H,11-13H2,1H3,(H,24,27)/t19-,20?,22-/m1/s1. The molecule has 3 atom stereocenters. The van der Waals surface area contributed by atoms with Crippen molar-refractivity contribution in [3.63, 3.8) is 0 Å². The number of Topliss-reactive ketones (excluding diaryl/α,β-unsaturated/α-hetero) is 1. The van der Waals surface area contributed by atoms with Crippen molar-refractivity contribution in [2.24, 2.45) is 0 Å². The Morgan fingerprint density at radius 2 is 1.78 bits per heavy atom. The average molecular weight is 455 g/mol. The molecule has 166 valence electrons. The number of carbonyl (C=O) groups excluding carboxylic acids is 4. The van der Waals surface area contributed by atoms with Gasteiger partial charge in [-0.3, -0.25) is 14.4 Å². The number of nitrogens with zero attached hydrogens (tertiary/aromatic N) is 1. The molecule has 0 bridgehead atoms. The maximum absolute atomic E-state index is 12.7. The fourth-order valence-electron chi connectivity index (χ4n) is 3.68. The highest BCUT2D eigenvalue weighted by atomic mass is 32.2. The summed E-state index contributed by atoms with van der Waals surface area (Å²) in [6.07, 6.45) is 0.147. The molecule has 8 nitrogen and oxygen atoms in total. The number of hydrogen-bond acceptors (Lipinski definition) is 7. The number of hydrogen-bond donors (Lipinski definition) is 1. The number of ether oxygens (including phenoxy) is 2. The summed E-state index contributed by atoms with van der Waals surface area (Å²) in [7, 11) is 1.56.